The molecule has 0 radical (unpaired) electrons. The number of fused-ring (bicyclic) bond motifs is 1. The van der Waals surface area contributed by atoms with E-state index in [0.717, 1.165) is 11.8 Å². The van der Waals surface area contributed by atoms with Crippen LogP contribution in [0.25, 0.3) is 0 Å². The van der Waals surface area contributed by atoms with Crippen LogP contribution < -0.4 is 5.32 Å². The third-order valence-electron chi connectivity index (χ3n) is 4.96. The van der Waals surface area contributed by atoms with Crippen LogP contribution in [0.15, 0.2) is 24.3 Å². The molecule has 2 rings (SSSR count). The van der Waals surface area contributed by atoms with Crippen molar-refractivity contribution in [1.29, 1.82) is 0 Å². The highest BCUT2D eigenvalue weighted by Gasteiger charge is 2.26. The first-order valence-electron chi connectivity index (χ1n) is 8.54. The summed E-state index contributed by atoms with van der Waals surface area (Å²) in [6.07, 6.45) is 7.77. The maximum Gasteiger partial charge on any atom is 0.0101 e. The molecule has 1 N–H and O–H groups in total. The van der Waals surface area contributed by atoms with Gasteiger partial charge in [0.25, 0.3) is 0 Å². The molecule has 0 heterocycles. The molecule has 1 heteroatoms. The molecule has 1 aromatic carbocycles. The normalized spacial score (nSPS) is 21.2. The first-order valence-corrected chi connectivity index (χ1v) is 8.54. The van der Waals surface area contributed by atoms with E-state index in [1.807, 2.05) is 0 Å². The Morgan fingerprint density at radius 2 is 1.95 bits per heavy atom. The zero-order valence-corrected chi connectivity index (χ0v) is 13.5. The molecule has 0 saturated heterocycles. The zero-order chi connectivity index (χ0) is 14.4. The van der Waals surface area contributed by atoms with Crippen molar-refractivity contribution in [3.05, 3.63) is 35.4 Å². The molecule has 1 aliphatic rings. The molecule has 0 amide bonds. The number of benzene rings is 1. The molecule has 1 aliphatic carbocycles. The van der Waals surface area contributed by atoms with Crippen LogP contribution >= 0.6 is 0 Å². The number of hydrogen-bond acceptors (Lipinski definition) is 1. The molecule has 0 aliphatic heterocycles. The highest BCUT2D eigenvalue weighted by atomic mass is 14.9. The van der Waals surface area contributed by atoms with Crippen molar-refractivity contribution in [3.63, 3.8) is 0 Å². The average Bonchev–Trinajstić information content (AvgIpc) is 2.50. The Morgan fingerprint density at radius 1 is 1.20 bits per heavy atom. The van der Waals surface area contributed by atoms with Crippen LogP contribution in [0, 0.1) is 11.8 Å². The Kier molecular flexibility index (Phi) is 6.09. The van der Waals surface area contributed by atoms with Gasteiger partial charge >= 0.3 is 0 Å². The molecule has 0 fully saturated rings. The first kappa shape index (κ1) is 15.6. The van der Waals surface area contributed by atoms with Crippen LogP contribution in [0.3, 0.4) is 0 Å². The molecule has 0 aromatic heterocycles. The predicted molar refractivity (Wildman–Crippen MR) is 88.1 cm³/mol. The van der Waals surface area contributed by atoms with Gasteiger partial charge < -0.3 is 5.32 Å². The molecule has 112 valence electrons. The van der Waals surface area contributed by atoms with Gasteiger partial charge in [0.05, 0.1) is 0 Å². The summed E-state index contributed by atoms with van der Waals surface area (Å²) in [4.78, 5) is 0. The molecule has 0 saturated carbocycles. The molecule has 0 bridgehead atoms. The van der Waals surface area contributed by atoms with Gasteiger partial charge in [0.1, 0.15) is 0 Å². The molecule has 1 aromatic rings. The largest absolute Gasteiger partial charge is 0.314 e. The molecule has 1 nitrogen and oxygen atoms in total. The molecule has 0 spiro atoms. The zero-order valence-electron chi connectivity index (χ0n) is 13.5. The van der Waals surface area contributed by atoms with Gasteiger partial charge in [-0.2, -0.15) is 0 Å². The lowest BCUT2D eigenvalue weighted by molar-refractivity contribution is 0.272. The summed E-state index contributed by atoms with van der Waals surface area (Å²) in [7, 11) is 0. The standard InChI is InChI=1S/C19H31N/c1-4-12-20-19(13-15(3)5-2)18-11-10-16-8-6-7-9-17(16)14-18/h6-9,15,18-20H,4-5,10-14H2,1-3H3. The summed E-state index contributed by atoms with van der Waals surface area (Å²) >= 11 is 0. The van der Waals surface area contributed by atoms with Gasteiger partial charge in [-0.3, -0.25) is 0 Å². The minimum absolute atomic E-state index is 0.707. The number of aryl methyl sites for hydroxylation is 1. The van der Waals surface area contributed by atoms with Crippen molar-refractivity contribution in [2.45, 2.75) is 65.3 Å². The Hall–Kier alpha value is -0.820. The lowest BCUT2D eigenvalue weighted by Gasteiger charge is -2.34. The van der Waals surface area contributed by atoms with Crippen LogP contribution in [-0.2, 0) is 12.8 Å². The summed E-state index contributed by atoms with van der Waals surface area (Å²) < 4.78 is 0. The van der Waals surface area contributed by atoms with Crippen molar-refractivity contribution in [2.24, 2.45) is 11.8 Å². The second-order valence-corrected chi connectivity index (χ2v) is 6.58. The monoisotopic (exact) mass is 273 g/mol. The lowest BCUT2D eigenvalue weighted by atomic mass is 9.77. The van der Waals surface area contributed by atoms with E-state index in [9.17, 15) is 0 Å². The quantitative estimate of drug-likeness (QED) is 0.766. The minimum atomic E-state index is 0.707. The fourth-order valence-corrected chi connectivity index (χ4v) is 3.44. The topological polar surface area (TPSA) is 12.0 Å². The highest BCUT2D eigenvalue weighted by Crippen LogP contribution is 2.30. The predicted octanol–water partition coefficient (Wildman–Crippen LogP) is 4.60. The van der Waals surface area contributed by atoms with Crippen LogP contribution in [0.1, 0.15) is 57.6 Å². The second-order valence-electron chi connectivity index (χ2n) is 6.58. The van der Waals surface area contributed by atoms with E-state index >= 15 is 0 Å². The summed E-state index contributed by atoms with van der Waals surface area (Å²) in [6, 6.07) is 9.74. The van der Waals surface area contributed by atoms with E-state index in [1.54, 1.807) is 11.1 Å². The van der Waals surface area contributed by atoms with Gasteiger partial charge in [0.15, 0.2) is 0 Å². The van der Waals surface area contributed by atoms with Gasteiger partial charge in [-0.25, -0.2) is 0 Å². The highest BCUT2D eigenvalue weighted by molar-refractivity contribution is 5.30. The van der Waals surface area contributed by atoms with Crippen LogP contribution in [0.2, 0.25) is 0 Å². The fourth-order valence-electron chi connectivity index (χ4n) is 3.44. The van der Waals surface area contributed by atoms with E-state index in [-0.39, 0.29) is 0 Å². The van der Waals surface area contributed by atoms with Gasteiger partial charge in [-0.1, -0.05) is 51.5 Å². The lowest BCUT2D eigenvalue weighted by Crippen LogP contribution is -2.40. The van der Waals surface area contributed by atoms with Crippen molar-refractivity contribution < 1.29 is 0 Å². The average molecular weight is 273 g/mol. The fraction of sp³-hybridized carbons (Fsp3) is 0.684. The van der Waals surface area contributed by atoms with Crippen molar-refractivity contribution >= 4 is 0 Å². The van der Waals surface area contributed by atoms with Crippen LogP contribution in [0.4, 0.5) is 0 Å². The third kappa shape index (κ3) is 4.09. The maximum absolute atomic E-state index is 3.84. The van der Waals surface area contributed by atoms with Gasteiger partial charge in [-0.05, 0) is 61.6 Å². The Morgan fingerprint density at radius 3 is 2.65 bits per heavy atom. The Balaban J connectivity index is 2.02. The van der Waals surface area contributed by atoms with E-state index in [2.05, 4.69) is 50.4 Å². The number of nitrogens with one attached hydrogen (secondary N) is 1. The molecular weight excluding hydrogens is 242 g/mol. The van der Waals surface area contributed by atoms with Crippen LogP contribution in [-0.4, -0.2) is 12.6 Å². The maximum atomic E-state index is 3.84. The molecule has 3 atom stereocenters. The van der Waals surface area contributed by atoms with Crippen LogP contribution in [0.5, 0.6) is 0 Å². The van der Waals surface area contributed by atoms with E-state index < -0.39 is 0 Å². The Labute approximate surface area is 125 Å². The number of rotatable bonds is 7. The van der Waals surface area contributed by atoms with Gasteiger partial charge in [-0.15, -0.1) is 0 Å². The molecule has 20 heavy (non-hydrogen) atoms. The van der Waals surface area contributed by atoms with E-state index in [4.69, 9.17) is 0 Å². The van der Waals surface area contributed by atoms with Gasteiger partial charge in [0.2, 0.25) is 0 Å². The van der Waals surface area contributed by atoms with Gasteiger partial charge in [0, 0.05) is 6.04 Å². The summed E-state index contributed by atoms with van der Waals surface area (Å²) in [6.45, 7) is 8.15. The smallest absolute Gasteiger partial charge is 0.0101 e. The minimum Gasteiger partial charge on any atom is -0.314 e. The third-order valence-corrected chi connectivity index (χ3v) is 4.96. The molecular formula is C19H31N. The summed E-state index contributed by atoms with van der Waals surface area (Å²) in [5.41, 5.74) is 3.18. The van der Waals surface area contributed by atoms with Crippen molar-refractivity contribution in [2.75, 3.05) is 6.54 Å². The Bertz CT molecular complexity index is 399. The summed E-state index contributed by atoms with van der Waals surface area (Å²) in [5.74, 6) is 1.66. The second kappa shape index (κ2) is 7.83. The SMILES string of the molecule is CCCNC(CC(C)CC)C1CCc2ccccc2C1. The van der Waals surface area contributed by atoms with E-state index in [1.165, 1.54) is 45.1 Å². The molecule has 3 unspecified atom stereocenters. The van der Waals surface area contributed by atoms with E-state index in [0.29, 0.717) is 6.04 Å². The van der Waals surface area contributed by atoms with Crippen molar-refractivity contribution in [1.82, 2.24) is 5.32 Å². The summed E-state index contributed by atoms with van der Waals surface area (Å²) in [5, 5.41) is 3.84. The van der Waals surface area contributed by atoms with Crippen molar-refractivity contribution in [3.8, 4) is 0 Å². The first-order chi connectivity index (χ1) is 9.74. The number of hydrogen-bond donors (Lipinski definition) is 1.